The van der Waals surface area contributed by atoms with Gasteiger partial charge in [-0.25, -0.2) is 4.39 Å². The van der Waals surface area contributed by atoms with Gasteiger partial charge in [0.25, 0.3) is 0 Å². The van der Waals surface area contributed by atoms with Crippen LogP contribution in [-0.2, 0) is 0 Å². The fraction of sp³-hybridized carbons (Fsp3) is 0.167. The number of benzene rings is 1. The molecule has 1 heterocycles. The maximum atomic E-state index is 13.2. The minimum absolute atomic E-state index is 0.235. The molecule has 1 atom stereocenters. The van der Waals surface area contributed by atoms with Crippen molar-refractivity contribution in [1.82, 2.24) is 10.1 Å². The first kappa shape index (κ1) is 12.7. The summed E-state index contributed by atoms with van der Waals surface area (Å²) < 4.78 is 18.8. The quantitative estimate of drug-likeness (QED) is 0.885. The van der Waals surface area contributed by atoms with Crippen LogP contribution in [0.3, 0.4) is 0 Å². The molecule has 0 aliphatic carbocycles. The SMILES string of the molecule is C#CCC(N)c1nc(-c2cc(F)ccc2Br)no1. The molecule has 1 unspecified atom stereocenters. The summed E-state index contributed by atoms with van der Waals surface area (Å²) in [6, 6.07) is 3.70. The summed E-state index contributed by atoms with van der Waals surface area (Å²) in [5, 5.41) is 3.76. The molecule has 0 amide bonds. The Balaban J connectivity index is 2.35. The molecule has 0 radical (unpaired) electrons. The molecule has 0 bridgehead atoms. The first-order chi connectivity index (χ1) is 8.61. The molecular weight excluding hydrogens is 301 g/mol. The van der Waals surface area contributed by atoms with Gasteiger partial charge in [-0.2, -0.15) is 4.98 Å². The topological polar surface area (TPSA) is 64.9 Å². The highest BCUT2D eigenvalue weighted by molar-refractivity contribution is 9.10. The third-order valence-corrected chi connectivity index (χ3v) is 2.96. The summed E-state index contributed by atoms with van der Waals surface area (Å²) in [5.74, 6) is 2.53. The van der Waals surface area contributed by atoms with Crippen LogP contribution < -0.4 is 5.73 Å². The fourth-order valence-corrected chi connectivity index (χ4v) is 1.80. The van der Waals surface area contributed by atoms with Gasteiger partial charge < -0.3 is 10.3 Å². The maximum Gasteiger partial charge on any atom is 0.244 e. The Bertz CT molecular complexity index is 606. The van der Waals surface area contributed by atoms with E-state index in [0.717, 1.165) is 0 Å². The van der Waals surface area contributed by atoms with Crippen LogP contribution in [0.5, 0.6) is 0 Å². The van der Waals surface area contributed by atoms with E-state index in [1.165, 1.54) is 12.1 Å². The highest BCUT2D eigenvalue weighted by Crippen LogP contribution is 2.27. The molecular formula is C12H9BrFN3O. The Morgan fingerprint density at radius 2 is 2.33 bits per heavy atom. The predicted molar refractivity (Wildman–Crippen MR) is 67.8 cm³/mol. The van der Waals surface area contributed by atoms with Gasteiger partial charge in [0.05, 0.1) is 6.04 Å². The summed E-state index contributed by atoms with van der Waals surface area (Å²) in [6.45, 7) is 0. The van der Waals surface area contributed by atoms with Crippen molar-refractivity contribution < 1.29 is 8.91 Å². The van der Waals surface area contributed by atoms with E-state index in [1.807, 2.05) is 0 Å². The minimum Gasteiger partial charge on any atom is -0.337 e. The lowest BCUT2D eigenvalue weighted by Crippen LogP contribution is -2.09. The maximum absolute atomic E-state index is 13.2. The molecule has 0 saturated carbocycles. The normalized spacial score (nSPS) is 12.1. The highest BCUT2D eigenvalue weighted by Gasteiger charge is 2.16. The van der Waals surface area contributed by atoms with Crippen molar-refractivity contribution >= 4 is 15.9 Å². The van der Waals surface area contributed by atoms with Crippen LogP contribution in [-0.4, -0.2) is 10.1 Å². The van der Waals surface area contributed by atoms with Gasteiger partial charge in [0.1, 0.15) is 5.82 Å². The van der Waals surface area contributed by atoms with Gasteiger partial charge in [-0.05, 0) is 18.2 Å². The molecule has 0 fully saturated rings. The zero-order valence-electron chi connectivity index (χ0n) is 9.23. The zero-order chi connectivity index (χ0) is 13.1. The smallest absolute Gasteiger partial charge is 0.244 e. The summed E-state index contributed by atoms with van der Waals surface area (Å²) >= 11 is 3.29. The second-order valence-corrected chi connectivity index (χ2v) is 4.45. The summed E-state index contributed by atoms with van der Waals surface area (Å²) in [6.07, 6.45) is 5.45. The third kappa shape index (κ3) is 2.58. The molecule has 0 saturated heterocycles. The summed E-state index contributed by atoms with van der Waals surface area (Å²) in [7, 11) is 0. The number of hydrogen-bond acceptors (Lipinski definition) is 4. The largest absolute Gasteiger partial charge is 0.337 e. The highest BCUT2D eigenvalue weighted by atomic mass is 79.9. The van der Waals surface area contributed by atoms with Crippen LogP contribution in [0.2, 0.25) is 0 Å². The van der Waals surface area contributed by atoms with Gasteiger partial charge in [-0.1, -0.05) is 21.1 Å². The van der Waals surface area contributed by atoms with Crippen LogP contribution in [0.15, 0.2) is 27.2 Å². The van der Waals surface area contributed by atoms with Crippen LogP contribution >= 0.6 is 15.9 Å². The van der Waals surface area contributed by atoms with Gasteiger partial charge in [0.2, 0.25) is 11.7 Å². The number of nitrogens with two attached hydrogens (primary N) is 1. The molecule has 0 aliphatic heterocycles. The van der Waals surface area contributed by atoms with Crippen LogP contribution in [0.1, 0.15) is 18.4 Å². The second kappa shape index (κ2) is 5.29. The first-order valence-electron chi connectivity index (χ1n) is 5.10. The van der Waals surface area contributed by atoms with E-state index >= 15 is 0 Å². The fourth-order valence-electron chi connectivity index (χ4n) is 1.38. The number of rotatable bonds is 3. The van der Waals surface area contributed by atoms with E-state index < -0.39 is 6.04 Å². The monoisotopic (exact) mass is 309 g/mol. The third-order valence-electron chi connectivity index (χ3n) is 2.27. The number of nitrogens with zero attached hydrogens (tertiary/aromatic N) is 2. The molecule has 0 spiro atoms. The molecule has 2 rings (SSSR count). The standard InChI is InChI=1S/C12H9BrFN3O/c1-2-3-10(15)12-16-11(17-18-12)8-6-7(14)4-5-9(8)13/h1,4-6,10H,3,15H2. The average molecular weight is 310 g/mol. The molecule has 6 heteroatoms. The Morgan fingerprint density at radius 3 is 3.06 bits per heavy atom. The van der Waals surface area contributed by atoms with Crippen molar-refractivity contribution in [2.45, 2.75) is 12.5 Å². The van der Waals surface area contributed by atoms with Crippen LogP contribution in [0, 0.1) is 18.2 Å². The lowest BCUT2D eigenvalue weighted by atomic mass is 10.2. The Hall–Kier alpha value is -1.71. The average Bonchev–Trinajstić information content (AvgIpc) is 2.82. The van der Waals surface area contributed by atoms with Crippen molar-refractivity contribution in [2.75, 3.05) is 0 Å². The number of halogens is 2. The summed E-state index contributed by atoms with van der Waals surface area (Å²) in [4.78, 5) is 4.11. The molecule has 92 valence electrons. The molecule has 4 nitrogen and oxygen atoms in total. The van der Waals surface area contributed by atoms with Crippen molar-refractivity contribution in [3.05, 3.63) is 34.4 Å². The number of terminal acetylenes is 1. The first-order valence-corrected chi connectivity index (χ1v) is 5.89. The predicted octanol–water partition coefficient (Wildman–Crippen LogP) is 2.66. The minimum atomic E-state index is -0.511. The molecule has 2 N–H and O–H groups in total. The van der Waals surface area contributed by atoms with Crippen molar-refractivity contribution in [2.24, 2.45) is 5.73 Å². The van der Waals surface area contributed by atoms with Crippen molar-refractivity contribution in [3.63, 3.8) is 0 Å². The molecule has 1 aromatic carbocycles. The zero-order valence-corrected chi connectivity index (χ0v) is 10.8. The van der Waals surface area contributed by atoms with Gasteiger partial charge in [0, 0.05) is 16.5 Å². The van der Waals surface area contributed by atoms with Crippen LogP contribution in [0.4, 0.5) is 4.39 Å². The Kier molecular flexibility index (Phi) is 3.75. The molecule has 1 aromatic heterocycles. The molecule has 2 aromatic rings. The van der Waals surface area contributed by atoms with E-state index in [4.69, 9.17) is 16.7 Å². The Morgan fingerprint density at radius 1 is 1.56 bits per heavy atom. The van der Waals surface area contributed by atoms with E-state index in [0.29, 0.717) is 16.5 Å². The van der Waals surface area contributed by atoms with E-state index in [9.17, 15) is 4.39 Å². The number of aromatic nitrogens is 2. The summed E-state index contributed by atoms with van der Waals surface area (Å²) in [5.41, 5.74) is 6.24. The Labute approximate surface area is 112 Å². The van der Waals surface area contributed by atoms with Crippen LogP contribution in [0.25, 0.3) is 11.4 Å². The molecule has 18 heavy (non-hydrogen) atoms. The van der Waals surface area contributed by atoms with Gasteiger partial charge in [-0.15, -0.1) is 12.3 Å². The van der Waals surface area contributed by atoms with E-state index in [1.54, 1.807) is 6.07 Å². The van der Waals surface area contributed by atoms with Crippen molar-refractivity contribution in [1.29, 1.82) is 0 Å². The van der Waals surface area contributed by atoms with Gasteiger partial charge in [-0.3, -0.25) is 0 Å². The lowest BCUT2D eigenvalue weighted by molar-refractivity contribution is 0.357. The lowest BCUT2D eigenvalue weighted by Gasteiger charge is -2.00. The van der Waals surface area contributed by atoms with Gasteiger partial charge in [0.15, 0.2) is 0 Å². The van der Waals surface area contributed by atoms with E-state index in [2.05, 4.69) is 32.0 Å². The molecule has 0 aliphatic rings. The van der Waals surface area contributed by atoms with Gasteiger partial charge >= 0.3 is 0 Å². The van der Waals surface area contributed by atoms with E-state index in [-0.39, 0.29) is 17.5 Å². The number of hydrogen-bond donors (Lipinski definition) is 1. The van der Waals surface area contributed by atoms with Crippen molar-refractivity contribution in [3.8, 4) is 23.7 Å². The second-order valence-electron chi connectivity index (χ2n) is 3.60.